The molecular weight excluding hydrogens is 444 g/mol. The molecule has 2 N–H and O–H groups in total. The van der Waals surface area contributed by atoms with Gasteiger partial charge in [-0.3, -0.25) is 14.9 Å². The number of rotatable bonds is 5. The second-order valence-electron chi connectivity index (χ2n) is 9.40. The SMILES string of the molecule is O=C(Nc1ccccc1C(=O)N1C[C@@H]2C(C(=O)O)[C@@H]2C1)OCC1c2ccccc2-c2ccccc21. The van der Waals surface area contributed by atoms with Gasteiger partial charge in [0.2, 0.25) is 0 Å². The molecule has 3 aliphatic rings. The molecule has 6 rings (SSSR count). The highest BCUT2D eigenvalue weighted by atomic mass is 16.5. The average Bonchev–Trinajstić information content (AvgIpc) is 3.22. The van der Waals surface area contributed by atoms with Crippen molar-refractivity contribution in [1.29, 1.82) is 0 Å². The van der Waals surface area contributed by atoms with Gasteiger partial charge < -0.3 is 14.7 Å². The molecule has 0 spiro atoms. The number of piperidine rings is 1. The first-order valence-electron chi connectivity index (χ1n) is 11.8. The molecule has 1 saturated carbocycles. The summed E-state index contributed by atoms with van der Waals surface area (Å²) >= 11 is 0. The number of carbonyl (C=O) groups is 3. The molecule has 2 aliphatic carbocycles. The Morgan fingerprint density at radius 1 is 0.857 bits per heavy atom. The summed E-state index contributed by atoms with van der Waals surface area (Å²) in [6.45, 7) is 1.04. The highest BCUT2D eigenvalue weighted by Crippen LogP contribution is 2.52. The van der Waals surface area contributed by atoms with E-state index in [1.165, 1.54) is 0 Å². The van der Waals surface area contributed by atoms with E-state index in [4.69, 9.17) is 4.74 Å². The van der Waals surface area contributed by atoms with Gasteiger partial charge in [0, 0.05) is 19.0 Å². The number of benzene rings is 3. The Labute approximate surface area is 202 Å². The second kappa shape index (κ2) is 8.27. The van der Waals surface area contributed by atoms with Crippen molar-refractivity contribution in [3.05, 3.63) is 89.5 Å². The molecule has 3 aromatic rings. The van der Waals surface area contributed by atoms with Gasteiger partial charge in [0.15, 0.2) is 0 Å². The fraction of sp³-hybridized carbons (Fsp3) is 0.250. The summed E-state index contributed by atoms with van der Waals surface area (Å²) in [6.07, 6.45) is -0.623. The van der Waals surface area contributed by atoms with Crippen molar-refractivity contribution in [1.82, 2.24) is 4.90 Å². The number of hydrogen-bond donors (Lipinski definition) is 2. The number of likely N-dealkylation sites (tertiary alicyclic amines) is 1. The molecule has 7 nitrogen and oxygen atoms in total. The van der Waals surface area contributed by atoms with E-state index in [9.17, 15) is 19.5 Å². The first-order chi connectivity index (χ1) is 17.0. The Hall–Kier alpha value is -4.13. The van der Waals surface area contributed by atoms with E-state index < -0.39 is 12.1 Å². The maximum Gasteiger partial charge on any atom is 0.411 e. The molecule has 35 heavy (non-hydrogen) atoms. The first kappa shape index (κ1) is 21.4. The Balaban J connectivity index is 1.13. The summed E-state index contributed by atoms with van der Waals surface area (Å²) < 4.78 is 5.63. The van der Waals surface area contributed by atoms with Crippen molar-refractivity contribution in [3.8, 4) is 11.1 Å². The maximum atomic E-state index is 13.1. The van der Waals surface area contributed by atoms with E-state index in [-0.39, 0.29) is 36.2 Å². The third-order valence-electron chi connectivity index (χ3n) is 7.50. The minimum atomic E-state index is -0.788. The second-order valence-corrected chi connectivity index (χ2v) is 9.40. The van der Waals surface area contributed by atoms with E-state index in [2.05, 4.69) is 29.6 Å². The molecule has 176 valence electrons. The number of fused-ring (bicyclic) bond motifs is 4. The van der Waals surface area contributed by atoms with Gasteiger partial charge in [-0.2, -0.15) is 0 Å². The summed E-state index contributed by atoms with van der Waals surface area (Å²) in [5.41, 5.74) is 5.32. The summed E-state index contributed by atoms with van der Waals surface area (Å²) in [6, 6.07) is 23.1. The minimum absolute atomic E-state index is 0.0266. The first-order valence-corrected chi connectivity index (χ1v) is 11.8. The molecule has 0 radical (unpaired) electrons. The zero-order valence-corrected chi connectivity index (χ0v) is 18.9. The Morgan fingerprint density at radius 2 is 1.43 bits per heavy atom. The van der Waals surface area contributed by atoms with Gasteiger partial charge in [0.05, 0.1) is 17.2 Å². The lowest BCUT2D eigenvalue weighted by molar-refractivity contribution is -0.139. The quantitative estimate of drug-likeness (QED) is 0.577. The maximum absolute atomic E-state index is 13.1. The molecule has 0 aromatic heterocycles. The number of carboxylic acids is 1. The summed E-state index contributed by atoms with van der Waals surface area (Å²) in [7, 11) is 0. The number of aliphatic carboxylic acids is 1. The van der Waals surface area contributed by atoms with Gasteiger partial charge in [-0.05, 0) is 46.2 Å². The molecule has 2 amide bonds. The number of carbonyl (C=O) groups excluding carboxylic acids is 2. The molecule has 0 bridgehead atoms. The van der Waals surface area contributed by atoms with Crippen LogP contribution in [0.3, 0.4) is 0 Å². The van der Waals surface area contributed by atoms with Crippen LogP contribution in [0.5, 0.6) is 0 Å². The number of ether oxygens (including phenoxy) is 1. The zero-order valence-electron chi connectivity index (χ0n) is 18.9. The lowest BCUT2D eigenvalue weighted by Crippen LogP contribution is -2.33. The highest BCUT2D eigenvalue weighted by molar-refractivity contribution is 6.03. The van der Waals surface area contributed by atoms with Crippen LogP contribution in [-0.2, 0) is 9.53 Å². The van der Waals surface area contributed by atoms with E-state index >= 15 is 0 Å². The number of nitrogens with zero attached hydrogens (tertiary/aromatic N) is 1. The molecule has 1 heterocycles. The van der Waals surface area contributed by atoms with Crippen LogP contribution >= 0.6 is 0 Å². The fourth-order valence-electron chi connectivity index (χ4n) is 5.75. The monoisotopic (exact) mass is 468 g/mol. The number of nitrogens with one attached hydrogen (secondary N) is 1. The number of hydrogen-bond acceptors (Lipinski definition) is 4. The molecule has 3 atom stereocenters. The van der Waals surface area contributed by atoms with Crippen LogP contribution in [0.25, 0.3) is 11.1 Å². The van der Waals surface area contributed by atoms with E-state index in [0.717, 1.165) is 22.3 Å². The summed E-state index contributed by atoms with van der Waals surface area (Å²) in [5, 5.41) is 12.0. The van der Waals surface area contributed by atoms with Crippen molar-refractivity contribution in [2.24, 2.45) is 17.8 Å². The lowest BCUT2D eigenvalue weighted by atomic mass is 9.98. The summed E-state index contributed by atoms with van der Waals surface area (Å²) in [5.74, 6) is -1.34. The smallest absolute Gasteiger partial charge is 0.411 e. The highest BCUT2D eigenvalue weighted by Gasteiger charge is 2.60. The molecule has 1 saturated heterocycles. The van der Waals surface area contributed by atoms with Crippen LogP contribution in [0.2, 0.25) is 0 Å². The predicted octanol–water partition coefficient (Wildman–Crippen LogP) is 4.45. The predicted molar refractivity (Wildman–Crippen MR) is 129 cm³/mol. The van der Waals surface area contributed by atoms with E-state index in [1.54, 1.807) is 29.2 Å². The van der Waals surface area contributed by atoms with Gasteiger partial charge in [0.1, 0.15) is 6.61 Å². The van der Waals surface area contributed by atoms with Gasteiger partial charge in [0.25, 0.3) is 5.91 Å². The number of para-hydroxylation sites is 1. The molecule has 1 unspecified atom stereocenters. The number of amides is 2. The third-order valence-corrected chi connectivity index (χ3v) is 7.50. The number of carboxylic acid groups (broad SMARTS) is 1. The standard InChI is InChI=1S/C28H24N2O5/c31-26(30-13-21-22(14-30)25(21)27(32)33)20-11-5-6-12-24(20)29-28(34)35-15-23-18-9-3-1-7-16(18)17-8-2-4-10-19(17)23/h1-12,21-23,25H,13-15H2,(H,29,34)(H,32,33)/t21-,22+,25?. The Kier molecular flexibility index (Phi) is 5.06. The van der Waals surface area contributed by atoms with Gasteiger partial charge >= 0.3 is 12.1 Å². The minimum Gasteiger partial charge on any atom is -0.481 e. The molecule has 2 fully saturated rings. The van der Waals surface area contributed by atoms with Crippen molar-refractivity contribution in [2.75, 3.05) is 25.0 Å². The van der Waals surface area contributed by atoms with Gasteiger partial charge in [-0.1, -0.05) is 60.7 Å². The van der Waals surface area contributed by atoms with E-state index in [1.807, 2.05) is 24.3 Å². The summed E-state index contributed by atoms with van der Waals surface area (Å²) in [4.78, 5) is 38.8. The van der Waals surface area contributed by atoms with Crippen molar-refractivity contribution >= 4 is 23.7 Å². The number of anilines is 1. The Morgan fingerprint density at radius 3 is 2.06 bits per heavy atom. The third kappa shape index (κ3) is 3.64. The molecule has 1 aliphatic heterocycles. The van der Waals surface area contributed by atoms with Crippen LogP contribution in [0.4, 0.5) is 10.5 Å². The van der Waals surface area contributed by atoms with Crippen LogP contribution in [0.15, 0.2) is 72.8 Å². The molecular formula is C28H24N2O5. The fourth-order valence-corrected chi connectivity index (χ4v) is 5.75. The largest absolute Gasteiger partial charge is 0.481 e. The Bertz CT molecular complexity index is 1290. The van der Waals surface area contributed by atoms with Gasteiger partial charge in [-0.25, -0.2) is 4.79 Å². The molecule has 7 heteroatoms. The van der Waals surface area contributed by atoms with Crippen molar-refractivity contribution < 1.29 is 24.2 Å². The lowest BCUT2D eigenvalue weighted by Gasteiger charge is -2.21. The van der Waals surface area contributed by atoms with Crippen LogP contribution < -0.4 is 5.32 Å². The average molecular weight is 469 g/mol. The van der Waals surface area contributed by atoms with Gasteiger partial charge in [-0.15, -0.1) is 0 Å². The molecule has 3 aromatic carbocycles. The van der Waals surface area contributed by atoms with Crippen LogP contribution in [0.1, 0.15) is 27.4 Å². The topological polar surface area (TPSA) is 95.9 Å². The van der Waals surface area contributed by atoms with Crippen molar-refractivity contribution in [3.63, 3.8) is 0 Å². The van der Waals surface area contributed by atoms with Crippen LogP contribution in [-0.4, -0.2) is 47.7 Å². The van der Waals surface area contributed by atoms with Crippen LogP contribution in [0, 0.1) is 17.8 Å². The van der Waals surface area contributed by atoms with E-state index in [0.29, 0.717) is 24.3 Å². The van der Waals surface area contributed by atoms with Crippen molar-refractivity contribution in [2.45, 2.75) is 5.92 Å². The zero-order chi connectivity index (χ0) is 24.1. The normalized spacial score (nSPS) is 21.6.